The molecular weight excluding hydrogens is 457 g/mol. The van der Waals surface area contributed by atoms with E-state index in [2.05, 4.69) is 30.0 Å². The van der Waals surface area contributed by atoms with Crippen molar-refractivity contribution in [2.45, 2.75) is 25.8 Å². The van der Waals surface area contributed by atoms with Crippen LogP contribution in [-0.4, -0.2) is 31.7 Å². The fourth-order valence-electron chi connectivity index (χ4n) is 2.50. The van der Waals surface area contributed by atoms with Crippen LogP contribution in [0.1, 0.15) is 25.0 Å². The van der Waals surface area contributed by atoms with E-state index in [9.17, 15) is 0 Å². The number of hydrogen-bond acceptors (Lipinski definition) is 2. The van der Waals surface area contributed by atoms with Crippen LogP contribution in [0.4, 0.5) is 0 Å². The predicted molar refractivity (Wildman–Crippen MR) is 97.9 cm³/mol. The molecule has 0 unspecified atom stereocenters. The van der Waals surface area contributed by atoms with Crippen molar-refractivity contribution in [3.8, 4) is 5.75 Å². The molecule has 0 spiro atoms. The van der Waals surface area contributed by atoms with Gasteiger partial charge in [0.2, 0.25) is 0 Å². The highest BCUT2D eigenvalue weighted by atomic mass is 79.9. The summed E-state index contributed by atoms with van der Waals surface area (Å²) in [7, 11) is 4.47. The number of unbranched alkanes of at least 4 members (excludes halogenated alkanes) is 2. The number of ether oxygens (including phenoxy) is 1. The van der Waals surface area contributed by atoms with Gasteiger partial charge in [-0.2, -0.15) is 0 Å². The van der Waals surface area contributed by atoms with Gasteiger partial charge in [0.05, 0.1) is 32.3 Å². The summed E-state index contributed by atoms with van der Waals surface area (Å²) >= 11 is 9.41. The quantitative estimate of drug-likeness (QED) is 0.406. The van der Waals surface area contributed by atoms with Crippen molar-refractivity contribution in [3.63, 3.8) is 0 Å². The van der Waals surface area contributed by atoms with Crippen molar-refractivity contribution in [1.82, 2.24) is 0 Å². The Morgan fingerprint density at radius 3 is 2.50 bits per heavy atom. The predicted octanol–water partition coefficient (Wildman–Crippen LogP) is 2.53. The van der Waals surface area contributed by atoms with Crippen LogP contribution in [0.2, 0.25) is 5.02 Å². The molecule has 0 saturated carbocycles. The summed E-state index contributed by atoms with van der Waals surface area (Å²) < 4.78 is 13.0. The maximum Gasteiger partial charge on any atom is 0.169 e. The SMILES string of the molecule is C[N+](C)(CCCCCOc1ccccc1Cl)Cc1ccc(Br)o1.[Br-]. The van der Waals surface area contributed by atoms with Gasteiger partial charge in [-0.1, -0.05) is 23.7 Å². The molecule has 0 atom stereocenters. The minimum atomic E-state index is 0. The second kappa shape index (κ2) is 10.5. The van der Waals surface area contributed by atoms with Gasteiger partial charge in [-0.15, -0.1) is 0 Å². The largest absolute Gasteiger partial charge is 1.00 e. The first-order chi connectivity index (χ1) is 11.0. The van der Waals surface area contributed by atoms with Gasteiger partial charge in [0, 0.05) is 0 Å². The first kappa shape index (κ1) is 21.6. The molecule has 2 rings (SSSR count). The summed E-state index contributed by atoms with van der Waals surface area (Å²) in [6.07, 6.45) is 3.35. The Balaban J connectivity index is 0.00000288. The zero-order chi connectivity index (χ0) is 16.7. The first-order valence-corrected chi connectivity index (χ1v) is 9.07. The molecule has 3 nitrogen and oxygen atoms in total. The van der Waals surface area contributed by atoms with Gasteiger partial charge in [0.25, 0.3) is 0 Å². The lowest BCUT2D eigenvalue weighted by molar-refractivity contribution is -0.904. The molecular formula is C18H24Br2ClNO2. The number of quaternary nitrogens is 1. The van der Waals surface area contributed by atoms with Gasteiger partial charge in [-0.05, 0) is 59.5 Å². The van der Waals surface area contributed by atoms with Crippen LogP contribution in [-0.2, 0) is 6.54 Å². The Labute approximate surface area is 168 Å². The third-order valence-electron chi connectivity index (χ3n) is 3.71. The van der Waals surface area contributed by atoms with Crippen LogP contribution in [0.3, 0.4) is 0 Å². The summed E-state index contributed by atoms with van der Waals surface area (Å²) in [6, 6.07) is 11.6. The van der Waals surface area contributed by atoms with Gasteiger partial charge >= 0.3 is 0 Å². The average Bonchev–Trinajstić information content (AvgIpc) is 2.88. The summed E-state index contributed by atoms with van der Waals surface area (Å²) in [5.74, 6) is 1.79. The molecule has 1 aromatic carbocycles. The third kappa shape index (κ3) is 7.60. The second-order valence-electron chi connectivity index (χ2n) is 6.36. The van der Waals surface area contributed by atoms with Crippen LogP contribution < -0.4 is 21.7 Å². The lowest BCUT2D eigenvalue weighted by atomic mass is 10.2. The van der Waals surface area contributed by atoms with Crippen molar-refractivity contribution in [2.24, 2.45) is 0 Å². The van der Waals surface area contributed by atoms with E-state index in [1.165, 1.54) is 6.42 Å². The van der Waals surface area contributed by atoms with Crippen molar-refractivity contribution in [3.05, 3.63) is 51.9 Å². The molecule has 0 fully saturated rings. The highest BCUT2D eigenvalue weighted by Gasteiger charge is 2.17. The summed E-state index contributed by atoms with van der Waals surface area (Å²) in [4.78, 5) is 0. The summed E-state index contributed by atoms with van der Waals surface area (Å²) in [5, 5.41) is 0.676. The summed E-state index contributed by atoms with van der Waals surface area (Å²) in [5.41, 5.74) is 0. The van der Waals surface area contributed by atoms with Gasteiger partial charge in [-0.25, -0.2) is 0 Å². The Morgan fingerprint density at radius 1 is 1.08 bits per heavy atom. The third-order valence-corrected chi connectivity index (χ3v) is 4.45. The molecule has 0 radical (unpaired) electrons. The molecule has 2 aromatic rings. The Kier molecular flexibility index (Phi) is 9.42. The van der Waals surface area contributed by atoms with Crippen LogP contribution in [0, 0.1) is 0 Å². The number of benzene rings is 1. The van der Waals surface area contributed by atoms with Gasteiger partial charge in [0.15, 0.2) is 10.4 Å². The number of halogens is 3. The smallest absolute Gasteiger partial charge is 0.169 e. The number of nitrogens with zero attached hydrogens (tertiary/aromatic N) is 1. The molecule has 0 saturated heterocycles. The molecule has 1 heterocycles. The molecule has 24 heavy (non-hydrogen) atoms. The Hall–Kier alpha value is -0.490. The molecule has 0 aliphatic rings. The van der Waals surface area contributed by atoms with Crippen molar-refractivity contribution >= 4 is 27.5 Å². The zero-order valence-corrected chi connectivity index (χ0v) is 18.0. The minimum absolute atomic E-state index is 0. The lowest BCUT2D eigenvalue weighted by Gasteiger charge is -2.28. The zero-order valence-electron chi connectivity index (χ0n) is 14.1. The van der Waals surface area contributed by atoms with E-state index in [1.807, 2.05) is 36.4 Å². The van der Waals surface area contributed by atoms with E-state index < -0.39 is 0 Å². The molecule has 1 aromatic heterocycles. The fourth-order valence-corrected chi connectivity index (χ4v) is 3.03. The highest BCUT2D eigenvalue weighted by molar-refractivity contribution is 9.10. The lowest BCUT2D eigenvalue weighted by Crippen LogP contribution is -3.00. The van der Waals surface area contributed by atoms with Crippen LogP contribution in [0.5, 0.6) is 5.75 Å². The molecule has 0 bridgehead atoms. The van der Waals surface area contributed by atoms with Crippen LogP contribution in [0.25, 0.3) is 0 Å². The number of furan rings is 1. The molecule has 0 aliphatic heterocycles. The minimum Gasteiger partial charge on any atom is -1.00 e. The van der Waals surface area contributed by atoms with E-state index in [4.69, 9.17) is 20.8 Å². The van der Waals surface area contributed by atoms with Crippen molar-refractivity contribution in [1.29, 1.82) is 0 Å². The first-order valence-electron chi connectivity index (χ1n) is 7.90. The van der Waals surface area contributed by atoms with E-state index in [1.54, 1.807) is 0 Å². The van der Waals surface area contributed by atoms with Gasteiger partial charge in [-0.3, -0.25) is 0 Å². The normalized spacial score (nSPS) is 11.2. The van der Waals surface area contributed by atoms with Crippen LogP contribution >= 0.6 is 27.5 Å². The Bertz CT molecular complexity index is 617. The van der Waals surface area contributed by atoms with E-state index in [0.29, 0.717) is 11.6 Å². The number of rotatable bonds is 9. The standard InChI is InChI=1S/C18H24BrClNO2.BrH/c1-21(2,14-15-10-11-18(19)23-15)12-6-3-7-13-22-17-9-5-4-8-16(17)20;/h4-5,8-11H,3,6-7,12-14H2,1-2H3;1H/q+1;/p-1. The van der Waals surface area contributed by atoms with Gasteiger partial charge in [0.1, 0.15) is 12.3 Å². The van der Waals surface area contributed by atoms with Crippen molar-refractivity contribution < 1.29 is 30.6 Å². The average molecular weight is 482 g/mol. The number of para-hydroxylation sites is 1. The number of hydrogen-bond donors (Lipinski definition) is 0. The second-order valence-corrected chi connectivity index (χ2v) is 7.55. The fraction of sp³-hybridized carbons (Fsp3) is 0.444. The topological polar surface area (TPSA) is 22.4 Å². The van der Waals surface area contributed by atoms with E-state index in [0.717, 1.165) is 46.6 Å². The van der Waals surface area contributed by atoms with Crippen molar-refractivity contribution in [2.75, 3.05) is 27.2 Å². The highest BCUT2D eigenvalue weighted by Crippen LogP contribution is 2.23. The Morgan fingerprint density at radius 2 is 1.83 bits per heavy atom. The maximum absolute atomic E-state index is 6.06. The van der Waals surface area contributed by atoms with Crippen LogP contribution in [0.15, 0.2) is 45.5 Å². The van der Waals surface area contributed by atoms with E-state index in [-0.39, 0.29) is 17.0 Å². The summed E-state index contributed by atoms with van der Waals surface area (Å²) in [6.45, 7) is 2.73. The molecule has 134 valence electrons. The monoisotopic (exact) mass is 479 g/mol. The molecule has 0 amide bonds. The maximum atomic E-state index is 6.06. The van der Waals surface area contributed by atoms with E-state index >= 15 is 0 Å². The molecule has 6 heteroatoms. The molecule has 0 aliphatic carbocycles. The van der Waals surface area contributed by atoms with Gasteiger partial charge < -0.3 is 30.6 Å². The molecule has 0 N–H and O–H groups in total.